The average Bonchev–Trinajstić information content (AvgIpc) is 2.53. The quantitative estimate of drug-likeness (QED) is 0.691. The van der Waals surface area contributed by atoms with Crippen LogP contribution in [-0.2, 0) is 4.79 Å². The third kappa shape index (κ3) is 5.23. The zero-order chi connectivity index (χ0) is 15.8. The normalized spacial score (nSPS) is 15.2. The number of hydrogen-bond donors (Lipinski definition) is 3. The van der Waals surface area contributed by atoms with E-state index in [2.05, 4.69) is 25.8 Å². The molecule has 0 saturated carbocycles. The molecule has 2 heterocycles. The molecule has 0 radical (unpaired) electrons. The summed E-state index contributed by atoms with van der Waals surface area (Å²) in [6.45, 7) is 4.09. The van der Waals surface area contributed by atoms with E-state index in [0.717, 1.165) is 31.7 Å². The lowest BCUT2D eigenvalue weighted by atomic mass is 10.1. The fourth-order valence-corrected chi connectivity index (χ4v) is 2.44. The largest absolute Gasteiger partial charge is 0.356 e. The Bertz CT molecular complexity index is 486. The maximum Gasteiger partial charge on any atom is 0.315 e. The number of nitrogens with one attached hydrogen (secondary N) is 3. The van der Waals surface area contributed by atoms with Gasteiger partial charge in [-0.25, -0.2) is 9.78 Å². The van der Waals surface area contributed by atoms with Gasteiger partial charge in [0.25, 0.3) is 0 Å². The Hall–Kier alpha value is -2.31. The summed E-state index contributed by atoms with van der Waals surface area (Å²) >= 11 is 0. The lowest BCUT2D eigenvalue weighted by Gasteiger charge is -2.33. The fourth-order valence-electron chi connectivity index (χ4n) is 2.44. The Labute approximate surface area is 130 Å². The number of carbonyl (C=O) groups is 2. The molecule has 1 aromatic rings. The molecular weight excluding hydrogens is 282 g/mol. The summed E-state index contributed by atoms with van der Waals surface area (Å²) in [6, 6.07) is 5.89. The van der Waals surface area contributed by atoms with Crippen LogP contribution < -0.4 is 20.9 Å². The number of rotatable bonds is 5. The fraction of sp³-hybridized carbons (Fsp3) is 0.533. The van der Waals surface area contributed by atoms with E-state index in [1.54, 1.807) is 6.20 Å². The van der Waals surface area contributed by atoms with Crippen LogP contribution in [0.4, 0.5) is 10.6 Å². The van der Waals surface area contributed by atoms with Gasteiger partial charge in [-0.05, 0) is 25.0 Å². The molecule has 1 fully saturated rings. The van der Waals surface area contributed by atoms with Crippen LogP contribution in [0.2, 0.25) is 0 Å². The first-order valence-corrected chi connectivity index (χ1v) is 7.60. The number of anilines is 1. The molecule has 1 aliphatic rings. The zero-order valence-corrected chi connectivity index (χ0v) is 12.8. The highest BCUT2D eigenvalue weighted by Crippen LogP contribution is 2.16. The summed E-state index contributed by atoms with van der Waals surface area (Å²) in [5.74, 6) is 0.893. The highest BCUT2D eigenvalue weighted by molar-refractivity contribution is 5.75. The van der Waals surface area contributed by atoms with Crippen molar-refractivity contribution < 1.29 is 9.59 Å². The van der Waals surface area contributed by atoms with Gasteiger partial charge >= 0.3 is 6.03 Å². The van der Waals surface area contributed by atoms with Crippen LogP contribution >= 0.6 is 0 Å². The topological polar surface area (TPSA) is 86.4 Å². The summed E-state index contributed by atoms with van der Waals surface area (Å²) < 4.78 is 0. The minimum Gasteiger partial charge on any atom is -0.356 e. The number of nitrogens with zero attached hydrogens (tertiary/aromatic N) is 2. The van der Waals surface area contributed by atoms with E-state index in [9.17, 15) is 9.59 Å². The number of hydrogen-bond acceptors (Lipinski definition) is 4. The number of aromatic nitrogens is 1. The lowest BCUT2D eigenvalue weighted by molar-refractivity contribution is -0.118. The van der Waals surface area contributed by atoms with Gasteiger partial charge < -0.3 is 20.9 Å². The second kappa shape index (κ2) is 8.21. The predicted molar refractivity (Wildman–Crippen MR) is 84.7 cm³/mol. The Morgan fingerprint density at radius 2 is 1.95 bits per heavy atom. The number of piperidine rings is 1. The molecule has 22 heavy (non-hydrogen) atoms. The molecule has 0 aromatic carbocycles. The molecule has 0 spiro atoms. The highest BCUT2D eigenvalue weighted by Gasteiger charge is 2.21. The predicted octanol–water partition coefficient (Wildman–Crippen LogP) is 0.486. The summed E-state index contributed by atoms with van der Waals surface area (Å²) in [5.41, 5.74) is 0. The molecule has 7 heteroatoms. The van der Waals surface area contributed by atoms with Crippen molar-refractivity contribution in [2.24, 2.45) is 0 Å². The number of amides is 3. The van der Waals surface area contributed by atoms with Crippen LogP contribution in [0.1, 0.15) is 19.8 Å². The first kappa shape index (κ1) is 16.1. The second-order valence-corrected chi connectivity index (χ2v) is 5.33. The van der Waals surface area contributed by atoms with Gasteiger partial charge in [-0.2, -0.15) is 0 Å². The molecule has 7 nitrogen and oxygen atoms in total. The van der Waals surface area contributed by atoms with E-state index in [1.807, 2.05) is 18.2 Å². The molecule has 2 rings (SSSR count). The SMILES string of the molecule is CC(=O)NCCNC(=O)NC1CCN(c2ccccn2)CC1. The van der Waals surface area contributed by atoms with E-state index in [4.69, 9.17) is 0 Å². The van der Waals surface area contributed by atoms with Gasteiger partial charge in [0.1, 0.15) is 5.82 Å². The van der Waals surface area contributed by atoms with Crippen molar-refractivity contribution in [2.45, 2.75) is 25.8 Å². The van der Waals surface area contributed by atoms with Gasteiger partial charge in [-0.1, -0.05) is 6.07 Å². The standard InChI is InChI=1S/C15H23N5O2/c1-12(21)16-8-9-18-15(22)19-13-5-10-20(11-6-13)14-4-2-3-7-17-14/h2-4,7,13H,5-6,8-11H2,1H3,(H,16,21)(H2,18,19,22). The zero-order valence-electron chi connectivity index (χ0n) is 12.8. The van der Waals surface area contributed by atoms with Crippen molar-refractivity contribution in [2.75, 3.05) is 31.1 Å². The Balaban J connectivity index is 1.64. The van der Waals surface area contributed by atoms with Gasteiger partial charge in [-0.15, -0.1) is 0 Å². The number of urea groups is 1. The minimum atomic E-state index is -0.179. The van der Waals surface area contributed by atoms with Crippen LogP contribution in [0.3, 0.4) is 0 Å². The molecule has 0 atom stereocenters. The van der Waals surface area contributed by atoms with E-state index < -0.39 is 0 Å². The Kier molecular flexibility index (Phi) is 6.00. The molecule has 3 amide bonds. The molecule has 0 bridgehead atoms. The minimum absolute atomic E-state index is 0.0934. The summed E-state index contributed by atoms with van der Waals surface area (Å²) in [5, 5.41) is 8.34. The monoisotopic (exact) mass is 305 g/mol. The van der Waals surface area contributed by atoms with Crippen molar-refractivity contribution in [1.82, 2.24) is 20.9 Å². The van der Waals surface area contributed by atoms with Crippen molar-refractivity contribution in [3.8, 4) is 0 Å². The Morgan fingerprint density at radius 1 is 1.23 bits per heavy atom. The molecule has 1 saturated heterocycles. The van der Waals surface area contributed by atoms with Gasteiger partial charge in [0.2, 0.25) is 5.91 Å². The van der Waals surface area contributed by atoms with Gasteiger partial charge in [0, 0.05) is 45.3 Å². The van der Waals surface area contributed by atoms with Crippen LogP contribution in [0.25, 0.3) is 0 Å². The average molecular weight is 305 g/mol. The van der Waals surface area contributed by atoms with Gasteiger partial charge in [-0.3, -0.25) is 4.79 Å². The van der Waals surface area contributed by atoms with Crippen LogP contribution in [0.15, 0.2) is 24.4 Å². The van der Waals surface area contributed by atoms with E-state index in [0.29, 0.717) is 13.1 Å². The Morgan fingerprint density at radius 3 is 2.59 bits per heavy atom. The maximum absolute atomic E-state index is 11.7. The second-order valence-electron chi connectivity index (χ2n) is 5.33. The molecule has 0 aliphatic carbocycles. The van der Waals surface area contributed by atoms with Gasteiger partial charge in [0.05, 0.1) is 0 Å². The van der Waals surface area contributed by atoms with Crippen molar-refractivity contribution >= 4 is 17.8 Å². The van der Waals surface area contributed by atoms with Crippen LogP contribution in [0, 0.1) is 0 Å². The van der Waals surface area contributed by atoms with Crippen molar-refractivity contribution in [3.63, 3.8) is 0 Å². The molecule has 1 aromatic heterocycles. The molecule has 3 N–H and O–H groups in total. The van der Waals surface area contributed by atoms with Gasteiger partial charge in [0.15, 0.2) is 0 Å². The molecule has 120 valence electrons. The van der Waals surface area contributed by atoms with Crippen molar-refractivity contribution in [3.05, 3.63) is 24.4 Å². The number of pyridine rings is 1. The first-order chi connectivity index (χ1) is 10.6. The summed E-state index contributed by atoms with van der Waals surface area (Å²) in [6.07, 6.45) is 3.59. The summed E-state index contributed by atoms with van der Waals surface area (Å²) in [7, 11) is 0. The summed E-state index contributed by atoms with van der Waals surface area (Å²) in [4.78, 5) is 29.0. The number of carbonyl (C=O) groups excluding carboxylic acids is 2. The van der Waals surface area contributed by atoms with E-state index in [-0.39, 0.29) is 18.0 Å². The third-order valence-electron chi connectivity index (χ3n) is 3.59. The molecular formula is C15H23N5O2. The first-order valence-electron chi connectivity index (χ1n) is 7.60. The third-order valence-corrected chi connectivity index (χ3v) is 3.59. The van der Waals surface area contributed by atoms with Crippen LogP contribution in [-0.4, -0.2) is 49.1 Å². The van der Waals surface area contributed by atoms with Crippen LogP contribution in [0.5, 0.6) is 0 Å². The molecule has 0 unspecified atom stereocenters. The maximum atomic E-state index is 11.7. The van der Waals surface area contributed by atoms with E-state index >= 15 is 0 Å². The van der Waals surface area contributed by atoms with Crippen molar-refractivity contribution in [1.29, 1.82) is 0 Å². The molecule has 1 aliphatic heterocycles. The lowest BCUT2D eigenvalue weighted by Crippen LogP contribution is -2.49. The highest BCUT2D eigenvalue weighted by atomic mass is 16.2. The van der Waals surface area contributed by atoms with E-state index in [1.165, 1.54) is 6.92 Å². The smallest absolute Gasteiger partial charge is 0.315 e.